The van der Waals surface area contributed by atoms with Crippen molar-refractivity contribution in [3.63, 3.8) is 0 Å². The van der Waals surface area contributed by atoms with Gasteiger partial charge >= 0.3 is 0 Å². The minimum atomic E-state index is 0.816. The monoisotopic (exact) mass is 265 g/mol. The van der Waals surface area contributed by atoms with Gasteiger partial charge in [-0.25, -0.2) is 0 Å². The first-order valence-electron chi connectivity index (χ1n) is 7.64. The van der Waals surface area contributed by atoms with Gasteiger partial charge in [-0.1, -0.05) is 25.5 Å². The Labute approximate surface area is 116 Å². The van der Waals surface area contributed by atoms with E-state index >= 15 is 0 Å². The first-order valence-corrected chi connectivity index (χ1v) is 7.64. The molecule has 1 heterocycles. The smallest absolute Gasteiger partial charge is 0.0964 e. The van der Waals surface area contributed by atoms with Gasteiger partial charge in [-0.3, -0.25) is 4.68 Å². The van der Waals surface area contributed by atoms with E-state index in [0.29, 0.717) is 0 Å². The number of rotatable bonds is 9. The van der Waals surface area contributed by atoms with Gasteiger partial charge in [-0.15, -0.1) is 5.10 Å². The lowest BCUT2D eigenvalue weighted by Gasteiger charge is -2.31. The summed E-state index contributed by atoms with van der Waals surface area (Å²) in [7, 11) is 0. The fourth-order valence-electron chi connectivity index (χ4n) is 2.44. The van der Waals surface area contributed by atoms with Crippen molar-refractivity contribution >= 4 is 0 Å². The highest BCUT2D eigenvalue weighted by molar-refractivity contribution is 4.91. The molecule has 5 heteroatoms. The summed E-state index contributed by atoms with van der Waals surface area (Å²) < 4.78 is 1.97. The van der Waals surface area contributed by atoms with Gasteiger partial charge in [0.2, 0.25) is 0 Å². The van der Waals surface area contributed by atoms with Gasteiger partial charge in [0.1, 0.15) is 0 Å². The third-order valence-electron chi connectivity index (χ3n) is 3.98. The van der Waals surface area contributed by atoms with Gasteiger partial charge in [0.05, 0.1) is 12.2 Å². The number of hydrogen-bond donors (Lipinski definition) is 1. The Morgan fingerprint density at radius 3 is 2.89 bits per heavy atom. The van der Waals surface area contributed by atoms with Gasteiger partial charge in [0, 0.05) is 25.8 Å². The zero-order valence-electron chi connectivity index (χ0n) is 12.3. The maximum Gasteiger partial charge on any atom is 0.0964 e. The second kappa shape index (κ2) is 7.60. The molecule has 1 aliphatic carbocycles. The van der Waals surface area contributed by atoms with Gasteiger partial charge in [-0.2, -0.15) is 0 Å². The lowest BCUT2D eigenvalue weighted by Crippen LogP contribution is -2.34. The summed E-state index contributed by atoms with van der Waals surface area (Å²) in [5.74, 6) is 0.944. The highest BCUT2D eigenvalue weighted by atomic mass is 15.4. The van der Waals surface area contributed by atoms with Crippen molar-refractivity contribution in [3.8, 4) is 0 Å². The van der Waals surface area contributed by atoms with E-state index in [9.17, 15) is 0 Å². The third-order valence-corrected chi connectivity index (χ3v) is 3.98. The Hall–Kier alpha value is -0.940. The summed E-state index contributed by atoms with van der Waals surface area (Å²) in [6.07, 6.45) is 6.33. The first-order chi connectivity index (χ1) is 9.31. The van der Waals surface area contributed by atoms with Crippen LogP contribution in [0.4, 0.5) is 0 Å². The molecule has 0 aliphatic heterocycles. The predicted octanol–water partition coefficient (Wildman–Crippen LogP) is 1.51. The quantitative estimate of drug-likeness (QED) is 0.735. The standard InChI is InChI=1S/C14H27N5/c1-3-15-10-14-12-19(17-16-14)9-8-18(4-2)11-13-6-5-7-13/h12-13,15H,3-11H2,1-2H3. The molecule has 0 spiro atoms. The van der Waals surface area contributed by atoms with Crippen LogP contribution >= 0.6 is 0 Å². The largest absolute Gasteiger partial charge is 0.311 e. The van der Waals surface area contributed by atoms with Crippen LogP contribution in [0.2, 0.25) is 0 Å². The molecule has 0 aromatic carbocycles. The van der Waals surface area contributed by atoms with Crippen molar-refractivity contribution in [2.75, 3.05) is 26.2 Å². The van der Waals surface area contributed by atoms with Crippen LogP contribution in [0.1, 0.15) is 38.8 Å². The molecule has 1 aromatic heterocycles. The van der Waals surface area contributed by atoms with E-state index in [-0.39, 0.29) is 0 Å². The molecule has 5 nitrogen and oxygen atoms in total. The van der Waals surface area contributed by atoms with Crippen LogP contribution in [0.3, 0.4) is 0 Å². The number of nitrogens with one attached hydrogen (secondary N) is 1. The first kappa shape index (κ1) is 14.5. The molecule has 0 radical (unpaired) electrons. The van der Waals surface area contributed by atoms with Crippen LogP contribution in [0, 0.1) is 5.92 Å². The Bertz CT molecular complexity index is 358. The van der Waals surface area contributed by atoms with Gasteiger partial charge in [0.15, 0.2) is 0 Å². The van der Waals surface area contributed by atoms with E-state index in [0.717, 1.165) is 44.3 Å². The molecular formula is C14H27N5. The van der Waals surface area contributed by atoms with Crippen molar-refractivity contribution in [2.24, 2.45) is 5.92 Å². The van der Waals surface area contributed by atoms with E-state index < -0.39 is 0 Å². The predicted molar refractivity (Wildman–Crippen MR) is 76.9 cm³/mol. The highest BCUT2D eigenvalue weighted by Crippen LogP contribution is 2.26. The van der Waals surface area contributed by atoms with E-state index in [2.05, 4.69) is 40.6 Å². The Kier molecular flexibility index (Phi) is 5.79. The lowest BCUT2D eigenvalue weighted by atomic mass is 9.85. The molecule has 108 valence electrons. The molecule has 1 aromatic rings. The Balaban J connectivity index is 1.71. The van der Waals surface area contributed by atoms with Crippen LogP contribution in [-0.4, -0.2) is 46.1 Å². The van der Waals surface area contributed by atoms with E-state index in [4.69, 9.17) is 0 Å². The normalized spacial score (nSPS) is 15.9. The zero-order chi connectivity index (χ0) is 13.5. The molecule has 0 atom stereocenters. The second-order valence-electron chi connectivity index (χ2n) is 5.44. The molecule has 1 N–H and O–H groups in total. The molecule has 2 rings (SSSR count). The molecule has 19 heavy (non-hydrogen) atoms. The summed E-state index contributed by atoms with van der Waals surface area (Å²) in [5.41, 5.74) is 1.03. The van der Waals surface area contributed by atoms with Crippen molar-refractivity contribution in [1.82, 2.24) is 25.2 Å². The van der Waals surface area contributed by atoms with E-state index in [1.165, 1.54) is 25.8 Å². The molecule has 1 saturated carbocycles. The van der Waals surface area contributed by atoms with Gasteiger partial charge in [0.25, 0.3) is 0 Å². The molecule has 0 saturated heterocycles. The van der Waals surface area contributed by atoms with Crippen molar-refractivity contribution < 1.29 is 0 Å². The Morgan fingerprint density at radius 2 is 2.26 bits per heavy atom. The molecule has 0 unspecified atom stereocenters. The average molecular weight is 265 g/mol. The van der Waals surface area contributed by atoms with Crippen LogP contribution in [0.15, 0.2) is 6.20 Å². The fraction of sp³-hybridized carbons (Fsp3) is 0.857. The van der Waals surface area contributed by atoms with E-state index in [1.54, 1.807) is 0 Å². The summed E-state index contributed by atoms with van der Waals surface area (Å²) in [6, 6.07) is 0. The topological polar surface area (TPSA) is 46.0 Å². The summed E-state index contributed by atoms with van der Waals surface area (Å²) in [5, 5.41) is 11.6. The van der Waals surface area contributed by atoms with Crippen LogP contribution in [0.5, 0.6) is 0 Å². The summed E-state index contributed by atoms with van der Waals surface area (Å²) in [6.45, 7) is 10.6. The summed E-state index contributed by atoms with van der Waals surface area (Å²) >= 11 is 0. The average Bonchev–Trinajstić information content (AvgIpc) is 2.82. The second-order valence-corrected chi connectivity index (χ2v) is 5.44. The highest BCUT2D eigenvalue weighted by Gasteiger charge is 2.19. The number of hydrogen-bond acceptors (Lipinski definition) is 4. The van der Waals surface area contributed by atoms with Gasteiger partial charge < -0.3 is 10.2 Å². The number of nitrogens with zero attached hydrogens (tertiary/aromatic N) is 4. The zero-order valence-corrected chi connectivity index (χ0v) is 12.3. The Morgan fingerprint density at radius 1 is 1.42 bits per heavy atom. The number of likely N-dealkylation sites (N-methyl/N-ethyl adjacent to an activating group) is 1. The third kappa shape index (κ3) is 4.58. The van der Waals surface area contributed by atoms with Crippen LogP contribution in [-0.2, 0) is 13.1 Å². The molecule has 0 bridgehead atoms. The minimum Gasteiger partial charge on any atom is -0.311 e. The fourth-order valence-corrected chi connectivity index (χ4v) is 2.44. The van der Waals surface area contributed by atoms with E-state index in [1.807, 2.05) is 4.68 Å². The minimum absolute atomic E-state index is 0.816. The van der Waals surface area contributed by atoms with Crippen LogP contribution in [0.25, 0.3) is 0 Å². The maximum absolute atomic E-state index is 4.19. The molecule has 0 amide bonds. The summed E-state index contributed by atoms with van der Waals surface area (Å²) in [4.78, 5) is 2.54. The molecule has 1 fully saturated rings. The van der Waals surface area contributed by atoms with Crippen molar-refractivity contribution in [3.05, 3.63) is 11.9 Å². The maximum atomic E-state index is 4.19. The van der Waals surface area contributed by atoms with Crippen LogP contribution < -0.4 is 5.32 Å². The SMILES string of the molecule is CCNCc1cn(CCN(CC)CC2CCC2)nn1. The number of aromatic nitrogens is 3. The van der Waals surface area contributed by atoms with Crippen molar-refractivity contribution in [1.29, 1.82) is 0 Å². The lowest BCUT2D eigenvalue weighted by molar-refractivity contribution is 0.177. The molecule has 1 aliphatic rings. The van der Waals surface area contributed by atoms with Gasteiger partial charge in [-0.05, 0) is 31.8 Å². The van der Waals surface area contributed by atoms with Crippen molar-refractivity contribution in [2.45, 2.75) is 46.2 Å². The molecular weight excluding hydrogens is 238 g/mol.